The summed E-state index contributed by atoms with van der Waals surface area (Å²) in [5, 5.41) is 6.12. The number of hydrogen-bond donors (Lipinski definition) is 2. The monoisotopic (exact) mass is 316 g/mol. The largest absolute Gasteiger partial charge is 0.494 e. The first-order chi connectivity index (χ1) is 9.75. The summed E-state index contributed by atoms with van der Waals surface area (Å²) in [4.78, 5) is 11.8. The number of carbonyl (C=O) groups excluding carboxylic acids is 1. The molecular weight excluding hydrogens is 295 g/mol. The van der Waals surface area contributed by atoms with Gasteiger partial charge in [0.05, 0.1) is 12.6 Å². The van der Waals surface area contributed by atoms with E-state index in [1.54, 1.807) is 12.1 Å². The molecule has 1 unspecified atom stereocenters. The van der Waals surface area contributed by atoms with Crippen LogP contribution in [0.3, 0.4) is 0 Å². The van der Waals surface area contributed by atoms with Crippen LogP contribution in [0.2, 0.25) is 0 Å². The first-order valence-corrected chi connectivity index (χ1v) is 7.15. The molecule has 1 heterocycles. The van der Waals surface area contributed by atoms with Crippen LogP contribution in [0, 0.1) is 5.82 Å². The lowest BCUT2D eigenvalue weighted by Gasteiger charge is -2.22. The quantitative estimate of drug-likeness (QED) is 0.792. The van der Waals surface area contributed by atoms with Crippen LogP contribution in [0.25, 0.3) is 0 Å². The third-order valence-electron chi connectivity index (χ3n) is 3.33. The van der Waals surface area contributed by atoms with Crippen molar-refractivity contribution in [1.29, 1.82) is 0 Å². The molecule has 1 fully saturated rings. The Balaban J connectivity index is 0.00000220. The lowest BCUT2D eigenvalue weighted by Crippen LogP contribution is -2.46. The van der Waals surface area contributed by atoms with Crippen LogP contribution in [0.4, 0.5) is 4.39 Å². The van der Waals surface area contributed by atoms with Gasteiger partial charge in [-0.1, -0.05) is 6.42 Å². The van der Waals surface area contributed by atoms with Gasteiger partial charge in [0.25, 0.3) is 0 Å². The SMILES string of the molecule is Cl.O=C(NCCCOc1ccc(F)cc1)C1CCCCN1. The number of nitrogens with one attached hydrogen (secondary N) is 2. The van der Waals surface area contributed by atoms with Crippen LogP contribution in [-0.2, 0) is 4.79 Å². The maximum Gasteiger partial charge on any atom is 0.237 e. The number of amides is 1. The van der Waals surface area contributed by atoms with E-state index >= 15 is 0 Å². The average molecular weight is 317 g/mol. The van der Waals surface area contributed by atoms with E-state index in [1.165, 1.54) is 12.1 Å². The van der Waals surface area contributed by atoms with Gasteiger partial charge in [0.2, 0.25) is 5.91 Å². The predicted octanol–water partition coefficient (Wildman–Crippen LogP) is 2.27. The van der Waals surface area contributed by atoms with Gasteiger partial charge < -0.3 is 15.4 Å². The maximum atomic E-state index is 12.7. The molecular formula is C15H22ClFN2O2. The van der Waals surface area contributed by atoms with Crippen molar-refractivity contribution in [3.63, 3.8) is 0 Å². The molecule has 0 saturated carbocycles. The lowest BCUT2D eigenvalue weighted by atomic mass is 10.0. The summed E-state index contributed by atoms with van der Waals surface area (Å²) >= 11 is 0. The summed E-state index contributed by atoms with van der Waals surface area (Å²) in [5.74, 6) is 0.447. The number of carbonyl (C=O) groups is 1. The van der Waals surface area contributed by atoms with Crippen molar-refractivity contribution in [2.45, 2.75) is 31.7 Å². The number of benzene rings is 1. The zero-order valence-electron chi connectivity index (χ0n) is 11.9. The molecule has 2 N–H and O–H groups in total. The van der Waals surface area contributed by atoms with Gasteiger partial charge in [0.1, 0.15) is 11.6 Å². The molecule has 0 aliphatic carbocycles. The van der Waals surface area contributed by atoms with E-state index in [2.05, 4.69) is 10.6 Å². The molecule has 1 aliphatic heterocycles. The summed E-state index contributed by atoms with van der Waals surface area (Å²) in [6, 6.07) is 5.89. The van der Waals surface area contributed by atoms with Crippen LogP contribution >= 0.6 is 12.4 Å². The van der Waals surface area contributed by atoms with E-state index in [0.29, 0.717) is 18.9 Å². The zero-order chi connectivity index (χ0) is 14.2. The highest BCUT2D eigenvalue weighted by molar-refractivity contribution is 5.85. The van der Waals surface area contributed by atoms with E-state index in [9.17, 15) is 9.18 Å². The molecule has 1 saturated heterocycles. The molecule has 1 aromatic carbocycles. The van der Waals surface area contributed by atoms with Gasteiger partial charge in [-0.25, -0.2) is 4.39 Å². The highest BCUT2D eigenvalue weighted by Gasteiger charge is 2.19. The molecule has 0 aromatic heterocycles. The maximum absolute atomic E-state index is 12.7. The molecule has 118 valence electrons. The minimum atomic E-state index is -0.274. The first kappa shape index (κ1) is 17.7. The summed E-state index contributed by atoms with van der Waals surface area (Å²) in [7, 11) is 0. The molecule has 1 amide bonds. The smallest absolute Gasteiger partial charge is 0.237 e. The number of halogens is 2. The Morgan fingerprint density at radius 1 is 1.33 bits per heavy atom. The topological polar surface area (TPSA) is 50.4 Å². The Morgan fingerprint density at radius 2 is 2.10 bits per heavy atom. The lowest BCUT2D eigenvalue weighted by molar-refractivity contribution is -0.123. The van der Waals surface area contributed by atoms with Gasteiger partial charge in [-0.15, -0.1) is 12.4 Å². The number of ether oxygens (including phenoxy) is 1. The van der Waals surface area contributed by atoms with Crippen molar-refractivity contribution in [2.75, 3.05) is 19.7 Å². The Labute approximate surface area is 130 Å². The van der Waals surface area contributed by atoms with Gasteiger partial charge in [-0.2, -0.15) is 0 Å². The fourth-order valence-electron chi connectivity index (χ4n) is 2.20. The predicted molar refractivity (Wildman–Crippen MR) is 82.4 cm³/mol. The molecule has 0 spiro atoms. The van der Waals surface area contributed by atoms with Gasteiger partial charge in [0.15, 0.2) is 0 Å². The Morgan fingerprint density at radius 3 is 2.76 bits per heavy atom. The highest BCUT2D eigenvalue weighted by Crippen LogP contribution is 2.11. The van der Waals surface area contributed by atoms with Crippen molar-refractivity contribution in [2.24, 2.45) is 0 Å². The van der Waals surface area contributed by atoms with Crippen LogP contribution in [0.15, 0.2) is 24.3 Å². The van der Waals surface area contributed by atoms with E-state index in [1.807, 2.05) is 0 Å². The van der Waals surface area contributed by atoms with Crippen LogP contribution in [0.1, 0.15) is 25.7 Å². The van der Waals surface area contributed by atoms with Crippen molar-refractivity contribution >= 4 is 18.3 Å². The van der Waals surface area contributed by atoms with Crippen molar-refractivity contribution in [3.8, 4) is 5.75 Å². The summed E-state index contributed by atoms with van der Waals surface area (Å²) in [5.41, 5.74) is 0. The Kier molecular flexibility index (Phi) is 8.08. The second-order valence-corrected chi connectivity index (χ2v) is 4.95. The van der Waals surface area contributed by atoms with E-state index in [0.717, 1.165) is 32.2 Å². The van der Waals surface area contributed by atoms with Gasteiger partial charge in [-0.05, 0) is 50.1 Å². The van der Waals surface area contributed by atoms with Crippen LogP contribution in [0.5, 0.6) is 5.75 Å². The minimum absolute atomic E-state index is 0. The third-order valence-corrected chi connectivity index (χ3v) is 3.33. The molecule has 1 aromatic rings. The van der Waals surface area contributed by atoms with Crippen LogP contribution < -0.4 is 15.4 Å². The number of rotatable bonds is 6. The number of piperidine rings is 1. The van der Waals surface area contributed by atoms with E-state index in [4.69, 9.17) is 4.74 Å². The van der Waals surface area contributed by atoms with Crippen molar-refractivity contribution < 1.29 is 13.9 Å². The minimum Gasteiger partial charge on any atom is -0.494 e. The summed E-state index contributed by atoms with van der Waals surface area (Å²) in [6.07, 6.45) is 3.90. The summed E-state index contributed by atoms with van der Waals surface area (Å²) in [6.45, 7) is 2.02. The van der Waals surface area contributed by atoms with Gasteiger partial charge in [0, 0.05) is 6.54 Å². The summed E-state index contributed by atoms with van der Waals surface area (Å²) < 4.78 is 18.1. The molecule has 2 rings (SSSR count). The molecule has 4 nitrogen and oxygen atoms in total. The highest BCUT2D eigenvalue weighted by atomic mass is 35.5. The van der Waals surface area contributed by atoms with Gasteiger partial charge in [-0.3, -0.25) is 4.79 Å². The third kappa shape index (κ3) is 6.31. The van der Waals surface area contributed by atoms with E-state index < -0.39 is 0 Å². The molecule has 6 heteroatoms. The molecule has 21 heavy (non-hydrogen) atoms. The van der Waals surface area contributed by atoms with E-state index in [-0.39, 0.29) is 30.2 Å². The Hall–Kier alpha value is -1.33. The molecule has 1 atom stereocenters. The fourth-order valence-corrected chi connectivity index (χ4v) is 2.20. The molecule has 0 radical (unpaired) electrons. The van der Waals surface area contributed by atoms with Crippen molar-refractivity contribution in [3.05, 3.63) is 30.1 Å². The average Bonchev–Trinajstić information content (AvgIpc) is 2.49. The van der Waals surface area contributed by atoms with Gasteiger partial charge >= 0.3 is 0 Å². The molecule has 0 bridgehead atoms. The van der Waals surface area contributed by atoms with Crippen molar-refractivity contribution in [1.82, 2.24) is 10.6 Å². The molecule has 1 aliphatic rings. The van der Waals surface area contributed by atoms with Crippen LogP contribution in [-0.4, -0.2) is 31.6 Å². The Bertz CT molecular complexity index is 422. The standard InChI is InChI=1S/C15H21FN2O2.ClH/c16-12-5-7-13(8-6-12)20-11-3-10-18-15(19)14-4-1-2-9-17-14;/h5-8,14,17H,1-4,9-11H2,(H,18,19);1H. The zero-order valence-corrected chi connectivity index (χ0v) is 12.8. The first-order valence-electron chi connectivity index (χ1n) is 7.15. The fraction of sp³-hybridized carbons (Fsp3) is 0.533. The normalized spacial score (nSPS) is 17.7. The second kappa shape index (κ2) is 9.58. The number of hydrogen-bond acceptors (Lipinski definition) is 3. The second-order valence-electron chi connectivity index (χ2n) is 4.95.